The molecule has 0 aliphatic heterocycles. The van der Waals surface area contributed by atoms with E-state index in [4.69, 9.17) is 5.73 Å². The number of rotatable bonds is 2. The SMILES string of the molecule is NC(=O)C1=C(O)CC2C(O)C3C(=C(O)C2(O)C1=O)C(=O)c1c(O)cccc1/C3=C\c1ccc(F)cc1F. The van der Waals surface area contributed by atoms with E-state index in [1.54, 1.807) is 0 Å². The van der Waals surface area contributed by atoms with Gasteiger partial charge in [-0.1, -0.05) is 12.1 Å². The van der Waals surface area contributed by atoms with Crippen LogP contribution in [-0.4, -0.2) is 54.7 Å². The van der Waals surface area contributed by atoms with Gasteiger partial charge in [0.2, 0.25) is 5.78 Å². The molecular weight excluding hydrogens is 492 g/mol. The maximum atomic E-state index is 14.6. The third kappa shape index (κ3) is 3.24. The van der Waals surface area contributed by atoms with Crippen LogP contribution >= 0.6 is 0 Å². The van der Waals surface area contributed by atoms with Gasteiger partial charge in [0, 0.05) is 29.9 Å². The number of primary amides is 1. The van der Waals surface area contributed by atoms with E-state index in [0.29, 0.717) is 6.07 Å². The second-order valence-electron chi connectivity index (χ2n) is 9.12. The van der Waals surface area contributed by atoms with Crippen LogP contribution in [0.5, 0.6) is 5.75 Å². The highest BCUT2D eigenvalue weighted by Crippen LogP contribution is 2.55. The largest absolute Gasteiger partial charge is 0.511 e. The number of fused-ring (bicyclic) bond motifs is 3. The number of halogens is 2. The van der Waals surface area contributed by atoms with Crippen molar-refractivity contribution < 1.29 is 48.7 Å². The van der Waals surface area contributed by atoms with Gasteiger partial charge in [-0.2, -0.15) is 0 Å². The fraction of sp³-hybridized carbons (Fsp3) is 0.192. The summed E-state index contributed by atoms with van der Waals surface area (Å²) in [5.74, 6) is -11.5. The molecule has 0 saturated carbocycles. The molecule has 11 heteroatoms. The summed E-state index contributed by atoms with van der Waals surface area (Å²) in [7, 11) is 0. The second-order valence-corrected chi connectivity index (χ2v) is 9.12. The van der Waals surface area contributed by atoms with Crippen LogP contribution in [-0.2, 0) is 9.59 Å². The van der Waals surface area contributed by atoms with E-state index in [9.17, 15) is 48.7 Å². The lowest BCUT2D eigenvalue weighted by Crippen LogP contribution is -2.62. The first-order chi connectivity index (χ1) is 17.4. The Morgan fingerprint density at radius 3 is 2.46 bits per heavy atom. The zero-order chi connectivity index (χ0) is 27.0. The average molecular weight is 511 g/mol. The number of aromatic hydroxyl groups is 1. The summed E-state index contributed by atoms with van der Waals surface area (Å²) in [5, 5.41) is 54.7. The molecule has 4 unspecified atom stereocenters. The Balaban J connectivity index is 1.83. The number of hydrogen-bond acceptors (Lipinski definition) is 8. The Hall–Kier alpha value is -4.35. The summed E-state index contributed by atoms with van der Waals surface area (Å²) in [6.45, 7) is 0. The average Bonchev–Trinajstić information content (AvgIpc) is 2.82. The first-order valence-electron chi connectivity index (χ1n) is 11.0. The minimum absolute atomic E-state index is 0.00345. The molecule has 190 valence electrons. The highest BCUT2D eigenvalue weighted by atomic mass is 19.1. The Kier molecular flexibility index (Phi) is 5.32. The van der Waals surface area contributed by atoms with Gasteiger partial charge in [0.1, 0.15) is 34.5 Å². The lowest BCUT2D eigenvalue weighted by Gasteiger charge is -2.49. The van der Waals surface area contributed by atoms with Gasteiger partial charge in [0.25, 0.3) is 5.91 Å². The molecule has 1 amide bonds. The number of ketones is 2. The quantitative estimate of drug-likeness (QED) is 0.331. The Bertz CT molecular complexity index is 1520. The number of hydrogen-bond donors (Lipinski definition) is 6. The number of allylic oxidation sites excluding steroid dienone is 1. The van der Waals surface area contributed by atoms with Gasteiger partial charge in [-0.05, 0) is 35.4 Å². The van der Waals surface area contributed by atoms with Crippen LogP contribution in [0.1, 0.15) is 27.9 Å². The van der Waals surface area contributed by atoms with Crippen LogP contribution < -0.4 is 5.73 Å². The van der Waals surface area contributed by atoms with E-state index in [0.717, 1.165) is 12.1 Å². The molecule has 0 saturated heterocycles. The zero-order valence-corrected chi connectivity index (χ0v) is 18.8. The molecule has 0 radical (unpaired) electrons. The van der Waals surface area contributed by atoms with Gasteiger partial charge in [-0.3, -0.25) is 14.4 Å². The predicted octanol–water partition coefficient (Wildman–Crippen LogP) is 1.83. The molecule has 3 aliphatic carbocycles. The number of benzene rings is 2. The molecule has 0 heterocycles. The van der Waals surface area contributed by atoms with E-state index in [1.165, 1.54) is 24.3 Å². The third-order valence-corrected chi connectivity index (χ3v) is 7.17. The maximum absolute atomic E-state index is 14.6. The van der Waals surface area contributed by atoms with E-state index in [-0.39, 0.29) is 22.3 Å². The number of Topliss-reactive ketones (excluding diaryl/α,β-unsaturated/α-hetero) is 2. The lowest BCUT2D eigenvalue weighted by atomic mass is 9.57. The minimum Gasteiger partial charge on any atom is -0.511 e. The van der Waals surface area contributed by atoms with E-state index in [1.807, 2.05) is 0 Å². The summed E-state index contributed by atoms with van der Waals surface area (Å²) >= 11 is 0. The number of aliphatic hydroxyl groups excluding tert-OH is 3. The van der Waals surface area contributed by atoms with Crippen LogP contribution in [0.2, 0.25) is 0 Å². The monoisotopic (exact) mass is 511 g/mol. The van der Waals surface area contributed by atoms with Crippen LogP contribution in [0.15, 0.2) is 59.1 Å². The molecule has 7 N–H and O–H groups in total. The van der Waals surface area contributed by atoms with Gasteiger partial charge in [-0.15, -0.1) is 0 Å². The van der Waals surface area contributed by atoms with Crippen molar-refractivity contribution in [3.8, 4) is 5.75 Å². The molecule has 0 aromatic heterocycles. The molecular formula is C26H19F2NO8. The first-order valence-corrected chi connectivity index (χ1v) is 11.0. The molecule has 37 heavy (non-hydrogen) atoms. The standard InChI is InChI=1S/C26H19F2NO8/c27-10-5-4-9(14(28)7-10)6-12-11-2-1-3-15(30)17(11)22(33)20-18(12)21(32)13-8-16(31)19(25(29)36)23(34)26(13,37)24(20)35/h1-7,13,18,21,30-32,35,37H,8H2,(H2,29,36)/b12-6+. The van der Waals surface area contributed by atoms with Gasteiger partial charge in [0.15, 0.2) is 11.4 Å². The van der Waals surface area contributed by atoms with Gasteiger partial charge in [-0.25, -0.2) is 8.78 Å². The third-order valence-electron chi connectivity index (χ3n) is 7.17. The Morgan fingerprint density at radius 1 is 1.11 bits per heavy atom. The molecule has 2 aromatic rings. The first kappa shape index (κ1) is 24.3. The maximum Gasteiger partial charge on any atom is 0.255 e. The second kappa shape index (κ2) is 8.08. The van der Waals surface area contributed by atoms with Gasteiger partial charge >= 0.3 is 0 Å². The van der Waals surface area contributed by atoms with E-state index in [2.05, 4.69) is 0 Å². The summed E-state index contributed by atoms with van der Waals surface area (Å²) in [4.78, 5) is 38.4. The van der Waals surface area contributed by atoms with Crippen molar-refractivity contribution in [3.05, 3.63) is 87.4 Å². The number of carbonyl (C=O) groups is 3. The fourth-order valence-electron chi connectivity index (χ4n) is 5.47. The molecule has 2 aromatic carbocycles. The number of carbonyl (C=O) groups excluding carboxylic acids is 3. The topological polar surface area (TPSA) is 178 Å². The lowest BCUT2D eigenvalue weighted by molar-refractivity contribution is -0.152. The molecule has 0 spiro atoms. The van der Waals surface area contributed by atoms with Crippen molar-refractivity contribution in [2.75, 3.05) is 0 Å². The van der Waals surface area contributed by atoms with Crippen molar-refractivity contribution in [3.63, 3.8) is 0 Å². The van der Waals surface area contributed by atoms with Crippen molar-refractivity contribution in [2.24, 2.45) is 17.6 Å². The number of phenolic OH excluding ortho intramolecular Hbond substituents is 1. The van der Waals surface area contributed by atoms with E-state index >= 15 is 0 Å². The summed E-state index contributed by atoms with van der Waals surface area (Å²) in [6, 6.07) is 6.64. The van der Waals surface area contributed by atoms with Crippen LogP contribution in [0.4, 0.5) is 8.78 Å². The Morgan fingerprint density at radius 2 is 1.81 bits per heavy atom. The van der Waals surface area contributed by atoms with Gasteiger partial charge in [0.05, 0.1) is 17.2 Å². The van der Waals surface area contributed by atoms with Gasteiger partial charge < -0.3 is 31.3 Å². The molecule has 5 rings (SSSR count). The molecule has 9 nitrogen and oxygen atoms in total. The molecule has 0 bridgehead atoms. The van der Waals surface area contributed by atoms with Crippen molar-refractivity contribution in [2.45, 2.75) is 18.1 Å². The van der Waals surface area contributed by atoms with Crippen molar-refractivity contribution >= 4 is 29.1 Å². The zero-order valence-electron chi connectivity index (χ0n) is 18.8. The van der Waals surface area contributed by atoms with E-state index < -0.39 is 87.5 Å². The number of nitrogens with two attached hydrogens (primary N) is 1. The summed E-state index contributed by atoms with van der Waals surface area (Å²) in [5.41, 5.74) is 0.0242. The number of phenols is 1. The van der Waals surface area contributed by atoms with Crippen molar-refractivity contribution in [1.29, 1.82) is 0 Å². The molecule has 0 fully saturated rings. The predicted molar refractivity (Wildman–Crippen MR) is 123 cm³/mol. The number of aliphatic hydroxyl groups is 4. The number of amides is 1. The fourth-order valence-corrected chi connectivity index (χ4v) is 5.47. The Labute approximate surface area is 207 Å². The highest BCUT2D eigenvalue weighted by molar-refractivity contribution is 6.25. The van der Waals surface area contributed by atoms with Crippen molar-refractivity contribution in [1.82, 2.24) is 0 Å². The summed E-state index contributed by atoms with van der Waals surface area (Å²) < 4.78 is 28.1. The summed E-state index contributed by atoms with van der Waals surface area (Å²) in [6.07, 6.45) is -1.33. The van der Waals surface area contributed by atoms with Crippen LogP contribution in [0.3, 0.4) is 0 Å². The molecule has 3 aliphatic rings. The normalized spacial score (nSPS) is 28.2. The molecule has 4 atom stereocenters. The smallest absolute Gasteiger partial charge is 0.255 e. The van der Waals surface area contributed by atoms with Crippen LogP contribution in [0.25, 0.3) is 11.6 Å². The van der Waals surface area contributed by atoms with Crippen LogP contribution in [0, 0.1) is 23.5 Å². The minimum atomic E-state index is -3.01. The highest BCUT2D eigenvalue weighted by Gasteiger charge is 2.63.